The number of thioether (sulfide) groups is 1. The molecule has 2 heterocycles. The Labute approximate surface area is 185 Å². The van der Waals surface area contributed by atoms with E-state index >= 15 is 0 Å². The van der Waals surface area contributed by atoms with Crippen molar-refractivity contribution in [3.63, 3.8) is 0 Å². The van der Waals surface area contributed by atoms with Gasteiger partial charge in [0.05, 0.1) is 30.2 Å². The topological polar surface area (TPSA) is 78.2 Å². The number of pyridine rings is 1. The molecule has 4 rings (SSSR count). The normalized spacial score (nSPS) is 15.8. The van der Waals surface area contributed by atoms with Crippen LogP contribution in [0.4, 0.5) is 10.1 Å². The third kappa shape index (κ3) is 5.35. The summed E-state index contributed by atoms with van der Waals surface area (Å²) in [5.74, 6) is -0.305. The van der Waals surface area contributed by atoms with E-state index in [9.17, 15) is 14.4 Å². The molecular weight excluding hydrogens is 415 g/mol. The summed E-state index contributed by atoms with van der Waals surface area (Å²) >= 11 is 1.27. The zero-order valence-electron chi connectivity index (χ0n) is 17.3. The fraction of sp³-hybridized carbons (Fsp3) is 0.435. The molecule has 2 aromatic rings. The maximum Gasteiger partial charge on any atom is 0.230 e. The van der Waals surface area contributed by atoms with E-state index in [-0.39, 0.29) is 24.0 Å². The highest BCUT2D eigenvalue weighted by atomic mass is 32.2. The predicted molar refractivity (Wildman–Crippen MR) is 118 cm³/mol. The van der Waals surface area contributed by atoms with Crippen molar-refractivity contribution in [2.45, 2.75) is 37.3 Å². The van der Waals surface area contributed by atoms with Crippen LogP contribution in [0.1, 0.15) is 35.2 Å². The maximum atomic E-state index is 14.5. The number of benzene rings is 1. The van der Waals surface area contributed by atoms with Gasteiger partial charge in [0.25, 0.3) is 0 Å². The Hall–Kier alpha value is -2.63. The van der Waals surface area contributed by atoms with Crippen LogP contribution in [0.25, 0.3) is 0 Å². The number of fused-ring (bicyclic) bond motifs is 1. The summed E-state index contributed by atoms with van der Waals surface area (Å²) in [6.07, 6.45) is 4.12. The molecule has 1 amide bonds. The van der Waals surface area contributed by atoms with E-state index in [1.165, 1.54) is 17.8 Å². The lowest BCUT2D eigenvalue weighted by Crippen LogP contribution is -2.36. The number of morpholine rings is 1. The monoisotopic (exact) mass is 440 g/mol. The van der Waals surface area contributed by atoms with Gasteiger partial charge in [-0.15, -0.1) is 0 Å². The molecular formula is C23H25FN4O2S. The van der Waals surface area contributed by atoms with Crippen molar-refractivity contribution in [2.24, 2.45) is 0 Å². The summed E-state index contributed by atoms with van der Waals surface area (Å²) in [6.45, 7) is 2.79. The van der Waals surface area contributed by atoms with Crippen molar-refractivity contribution in [2.75, 3.05) is 37.0 Å². The Bertz CT molecular complexity index is 1000. The number of aromatic nitrogens is 1. The molecule has 1 aromatic heterocycles. The molecule has 1 aromatic carbocycles. The smallest absolute Gasteiger partial charge is 0.230 e. The minimum Gasteiger partial charge on any atom is -0.378 e. The Morgan fingerprint density at radius 1 is 1.26 bits per heavy atom. The van der Waals surface area contributed by atoms with Gasteiger partial charge in [-0.1, -0.05) is 17.8 Å². The van der Waals surface area contributed by atoms with Crippen LogP contribution < -0.4 is 10.2 Å². The van der Waals surface area contributed by atoms with E-state index in [1.807, 2.05) is 17.0 Å². The Balaban J connectivity index is 1.32. The molecule has 0 spiro atoms. The first kappa shape index (κ1) is 21.6. The molecule has 1 N–H and O–H groups in total. The van der Waals surface area contributed by atoms with Gasteiger partial charge in [-0.05, 0) is 55.0 Å². The van der Waals surface area contributed by atoms with E-state index in [0.717, 1.165) is 36.9 Å². The van der Waals surface area contributed by atoms with Gasteiger partial charge >= 0.3 is 0 Å². The van der Waals surface area contributed by atoms with Crippen molar-refractivity contribution >= 4 is 23.4 Å². The van der Waals surface area contributed by atoms with Crippen LogP contribution in [-0.4, -0.2) is 42.9 Å². The summed E-state index contributed by atoms with van der Waals surface area (Å²) in [5.41, 5.74) is 4.00. The number of anilines is 1. The van der Waals surface area contributed by atoms with E-state index in [2.05, 4.69) is 16.4 Å². The Morgan fingerprint density at radius 2 is 2.06 bits per heavy atom. The van der Waals surface area contributed by atoms with Gasteiger partial charge in [0.1, 0.15) is 16.9 Å². The number of nitrogens with one attached hydrogen (secondary N) is 1. The quantitative estimate of drug-likeness (QED) is 0.695. The van der Waals surface area contributed by atoms with Crippen molar-refractivity contribution in [1.29, 1.82) is 5.26 Å². The van der Waals surface area contributed by atoms with E-state index in [1.54, 1.807) is 6.07 Å². The lowest BCUT2D eigenvalue weighted by atomic mass is 9.95. The highest BCUT2D eigenvalue weighted by molar-refractivity contribution is 8.00. The zero-order valence-corrected chi connectivity index (χ0v) is 18.1. The number of hydrogen-bond acceptors (Lipinski definition) is 6. The van der Waals surface area contributed by atoms with Crippen LogP contribution in [-0.2, 0) is 28.9 Å². The second-order valence-electron chi connectivity index (χ2n) is 7.72. The molecule has 162 valence electrons. The van der Waals surface area contributed by atoms with Gasteiger partial charge in [-0.2, -0.15) is 5.26 Å². The highest BCUT2D eigenvalue weighted by Gasteiger charge is 2.17. The lowest BCUT2D eigenvalue weighted by Gasteiger charge is -2.29. The molecule has 1 aliphatic carbocycles. The van der Waals surface area contributed by atoms with Crippen molar-refractivity contribution < 1.29 is 13.9 Å². The number of nitrogens with zero attached hydrogens (tertiary/aromatic N) is 3. The summed E-state index contributed by atoms with van der Waals surface area (Å²) in [6, 6.07) is 9.17. The van der Waals surface area contributed by atoms with Gasteiger partial charge < -0.3 is 15.0 Å². The number of ether oxygens (including phenoxy) is 1. The average Bonchev–Trinajstić information content (AvgIpc) is 2.81. The van der Waals surface area contributed by atoms with Crippen molar-refractivity contribution in [1.82, 2.24) is 10.3 Å². The lowest BCUT2D eigenvalue weighted by molar-refractivity contribution is -0.118. The van der Waals surface area contributed by atoms with Gasteiger partial charge in [-0.3, -0.25) is 4.79 Å². The van der Waals surface area contributed by atoms with E-state index in [0.29, 0.717) is 48.1 Å². The number of halogens is 1. The number of amides is 1. The van der Waals surface area contributed by atoms with Crippen LogP contribution in [0.3, 0.4) is 0 Å². The van der Waals surface area contributed by atoms with Gasteiger partial charge in [-0.25, -0.2) is 9.37 Å². The third-order valence-electron chi connectivity index (χ3n) is 5.58. The van der Waals surface area contributed by atoms with Crippen LogP contribution in [0.5, 0.6) is 0 Å². The van der Waals surface area contributed by atoms with Crippen LogP contribution in [0, 0.1) is 17.1 Å². The summed E-state index contributed by atoms with van der Waals surface area (Å²) in [7, 11) is 0. The number of carbonyl (C=O) groups excluding carboxylic acids is 1. The predicted octanol–water partition coefficient (Wildman–Crippen LogP) is 3.22. The van der Waals surface area contributed by atoms with Gasteiger partial charge in [0.2, 0.25) is 5.91 Å². The van der Waals surface area contributed by atoms with Crippen LogP contribution >= 0.6 is 11.8 Å². The number of nitriles is 1. The second-order valence-corrected chi connectivity index (χ2v) is 8.68. The number of aryl methyl sites for hydroxylation is 2. The zero-order chi connectivity index (χ0) is 21.6. The standard InChI is InChI=1S/C23H25FN4O2S/c24-19-11-16(5-6-21(19)28-7-9-30-10-8-28)14-26-22(29)15-31-23-18(13-25)12-17-3-1-2-4-20(17)27-23/h5-6,11-12H,1-4,7-10,14-15H2,(H,26,29). The van der Waals surface area contributed by atoms with Crippen molar-refractivity contribution in [3.05, 3.63) is 52.5 Å². The number of hydrogen-bond donors (Lipinski definition) is 1. The Kier molecular flexibility index (Phi) is 7.05. The molecule has 0 saturated carbocycles. The highest BCUT2D eigenvalue weighted by Crippen LogP contribution is 2.27. The molecule has 2 aliphatic rings. The number of carbonyl (C=O) groups is 1. The third-order valence-corrected chi connectivity index (χ3v) is 6.57. The molecule has 31 heavy (non-hydrogen) atoms. The first-order chi connectivity index (χ1) is 15.1. The summed E-state index contributed by atoms with van der Waals surface area (Å²) < 4.78 is 19.8. The first-order valence-electron chi connectivity index (χ1n) is 10.6. The fourth-order valence-electron chi connectivity index (χ4n) is 3.91. The average molecular weight is 441 g/mol. The molecule has 1 saturated heterocycles. The molecule has 0 bridgehead atoms. The minimum absolute atomic E-state index is 0.162. The maximum absolute atomic E-state index is 14.5. The van der Waals surface area contributed by atoms with Gasteiger partial charge in [0, 0.05) is 25.3 Å². The number of rotatable bonds is 6. The molecule has 1 aliphatic heterocycles. The molecule has 1 fully saturated rings. The van der Waals surface area contributed by atoms with E-state index in [4.69, 9.17) is 4.74 Å². The molecule has 0 radical (unpaired) electrons. The summed E-state index contributed by atoms with van der Waals surface area (Å²) in [4.78, 5) is 18.9. The van der Waals surface area contributed by atoms with Crippen LogP contribution in [0.2, 0.25) is 0 Å². The van der Waals surface area contributed by atoms with Gasteiger partial charge in [0.15, 0.2) is 0 Å². The Morgan fingerprint density at radius 3 is 2.84 bits per heavy atom. The summed E-state index contributed by atoms with van der Waals surface area (Å²) in [5, 5.41) is 12.9. The molecule has 6 nitrogen and oxygen atoms in total. The SMILES string of the molecule is N#Cc1cc2c(nc1SCC(=O)NCc1ccc(N3CCOCC3)c(F)c1)CCCC2. The van der Waals surface area contributed by atoms with E-state index < -0.39 is 0 Å². The molecule has 0 atom stereocenters. The molecule has 8 heteroatoms. The largest absolute Gasteiger partial charge is 0.378 e. The fourth-order valence-corrected chi connectivity index (χ4v) is 4.72. The molecule has 0 unspecified atom stereocenters. The second kappa shape index (κ2) is 10.1. The minimum atomic E-state index is -0.292. The first-order valence-corrected chi connectivity index (χ1v) is 11.6. The van der Waals surface area contributed by atoms with Crippen molar-refractivity contribution in [3.8, 4) is 6.07 Å². The van der Waals surface area contributed by atoms with Crippen LogP contribution in [0.15, 0.2) is 29.3 Å².